The van der Waals surface area contributed by atoms with E-state index in [1.165, 1.54) is 0 Å². The van der Waals surface area contributed by atoms with Gasteiger partial charge < -0.3 is 20.5 Å². The summed E-state index contributed by atoms with van der Waals surface area (Å²) in [6.07, 6.45) is 5.06. The van der Waals surface area contributed by atoms with Gasteiger partial charge in [-0.25, -0.2) is 0 Å². The van der Waals surface area contributed by atoms with E-state index in [-0.39, 0.29) is 24.4 Å². The van der Waals surface area contributed by atoms with Crippen molar-refractivity contribution in [3.8, 4) is 0 Å². The second-order valence-corrected chi connectivity index (χ2v) is 7.17. The van der Waals surface area contributed by atoms with E-state index in [1.807, 2.05) is 0 Å². The Morgan fingerprint density at radius 1 is 1.09 bits per heavy atom. The van der Waals surface area contributed by atoms with Crippen LogP contribution in [-0.4, -0.2) is 77.3 Å². The van der Waals surface area contributed by atoms with Gasteiger partial charge in [0.25, 0.3) is 5.91 Å². The molecule has 0 aromatic heterocycles. The van der Waals surface area contributed by atoms with Crippen molar-refractivity contribution in [1.82, 2.24) is 9.80 Å². The minimum Gasteiger partial charge on any atom is -0.379 e. The van der Waals surface area contributed by atoms with Crippen LogP contribution in [0, 0.1) is 0 Å². The molecule has 3 rings (SSSR count). The SMILES string of the molecule is NC(=O)C1(O)CCN(C(=O)CC2(N3CCOCC3)CCCC2)C1. The summed E-state index contributed by atoms with van der Waals surface area (Å²) in [5.41, 5.74) is 3.62. The van der Waals surface area contributed by atoms with Crippen LogP contribution >= 0.6 is 0 Å². The van der Waals surface area contributed by atoms with Crippen LogP contribution in [0.4, 0.5) is 0 Å². The molecule has 23 heavy (non-hydrogen) atoms. The third-order valence-electron chi connectivity index (χ3n) is 5.76. The first-order valence-electron chi connectivity index (χ1n) is 8.58. The summed E-state index contributed by atoms with van der Waals surface area (Å²) in [5.74, 6) is -0.716. The highest BCUT2D eigenvalue weighted by Crippen LogP contribution is 2.39. The number of β-amino-alcohol motifs (C(OH)–C–C–N with tert-alkyl or cyclic N) is 1. The van der Waals surface area contributed by atoms with E-state index < -0.39 is 11.5 Å². The molecule has 2 heterocycles. The summed E-state index contributed by atoms with van der Waals surface area (Å²) in [7, 11) is 0. The number of amides is 2. The number of rotatable bonds is 4. The maximum Gasteiger partial charge on any atom is 0.251 e. The van der Waals surface area contributed by atoms with Crippen molar-refractivity contribution in [2.75, 3.05) is 39.4 Å². The molecule has 1 aliphatic carbocycles. The number of carbonyl (C=O) groups is 2. The Bertz CT molecular complexity index is 472. The molecule has 0 bridgehead atoms. The number of ether oxygens (including phenoxy) is 1. The van der Waals surface area contributed by atoms with Gasteiger partial charge in [0.05, 0.1) is 19.8 Å². The minimum absolute atomic E-state index is 0.0237. The highest BCUT2D eigenvalue weighted by Gasteiger charge is 2.46. The predicted octanol–water partition coefficient (Wildman–Crippen LogP) is -0.530. The van der Waals surface area contributed by atoms with Crippen molar-refractivity contribution in [1.29, 1.82) is 0 Å². The van der Waals surface area contributed by atoms with E-state index in [1.54, 1.807) is 4.90 Å². The molecule has 1 saturated carbocycles. The van der Waals surface area contributed by atoms with Crippen molar-refractivity contribution in [2.45, 2.75) is 49.7 Å². The molecule has 0 aromatic rings. The van der Waals surface area contributed by atoms with Crippen LogP contribution < -0.4 is 5.73 Å². The third kappa shape index (κ3) is 3.22. The van der Waals surface area contributed by atoms with Crippen LogP contribution in [0.1, 0.15) is 38.5 Å². The fraction of sp³-hybridized carbons (Fsp3) is 0.875. The Labute approximate surface area is 136 Å². The van der Waals surface area contributed by atoms with Crippen molar-refractivity contribution < 1.29 is 19.4 Å². The second kappa shape index (κ2) is 6.37. The molecule has 7 heteroatoms. The third-order valence-corrected chi connectivity index (χ3v) is 5.76. The normalized spacial score (nSPS) is 31.4. The number of nitrogens with zero attached hydrogens (tertiary/aromatic N) is 2. The highest BCUT2D eigenvalue weighted by molar-refractivity contribution is 5.86. The average molecular weight is 325 g/mol. The predicted molar refractivity (Wildman–Crippen MR) is 83.5 cm³/mol. The van der Waals surface area contributed by atoms with Crippen LogP contribution in [0.25, 0.3) is 0 Å². The number of carbonyl (C=O) groups excluding carboxylic acids is 2. The van der Waals surface area contributed by atoms with Crippen LogP contribution in [0.3, 0.4) is 0 Å². The topological polar surface area (TPSA) is 96.1 Å². The largest absolute Gasteiger partial charge is 0.379 e. The van der Waals surface area contributed by atoms with E-state index in [2.05, 4.69) is 4.90 Å². The fourth-order valence-electron chi connectivity index (χ4n) is 4.28. The molecule has 3 N–H and O–H groups in total. The Hall–Kier alpha value is -1.18. The first-order valence-corrected chi connectivity index (χ1v) is 8.58. The first kappa shape index (κ1) is 16.7. The molecule has 0 aromatic carbocycles. The van der Waals surface area contributed by atoms with E-state index in [0.29, 0.717) is 13.0 Å². The van der Waals surface area contributed by atoms with Gasteiger partial charge in [-0.05, 0) is 12.8 Å². The lowest BCUT2D eigenvalue weighted by atomic mass is 9.89. The molecule has 2 aliphatic heterocycles. The smallest absolute Gasteiger partial charge is 0.251 e. The maximum absolute atomic E-state index is 12.8. The standard InChI is InChI=1S/C16H27N3O4/c17-14(21)16(22)5-6-18(12-16)13(20)11-15(3-1-2-4-15)19-7-9-23-10-8-19/h22H,1-12H2,(H2,17,21). The number of aliphatic hydroxyl groups is 1. The molecular weight excluding hydrogens is 298 g/mol. The highest BCUT2D eigenvalue weighted by atomic mass is 16.5. The second-order valence-electron chi connectivity index (χ2n) is 7.17. The van der Waals surface area contributed by atoms with Gasteiger partial charge in [-0.3, -0.25) is 14.5 Å². The molecule has 130 valence electrons. The zero-order valence-electron chi connectivity index (χ0n) is 13.6. The Balaban J connectivity index is 1.66. The van der Waals surface area contributed by atoms with Gasteiger partial charge in [0.15, 0.2) is 5.60 Å². The summed E-state index contributed by atoms with van der Waals surface area (Å²) < 4.78 is 5.44. The molecular formula is C16H27N3O4. The van der Waals surface area contributed by atoms with Gasteiger partial charge in [-0.2, -0.15) is 0 Å². The minimum atomic E-state index is -1.56. The first-order chi connectivity index (χ1) is 11.0. The summed E-state index contributed by atoms with van der Waals surface area (Å²) in [6, 6.07) is 0. The lowest BCUT2D eigenvalue weighted by molar-refractivity contribution is -0.139. The fourth-order valence-corrected chi connectivity index (χ4v) is 4.28. The molecule has 3 aliphatic rings. The van der Waals surface area contributed by atoms with Gasteiger partial charge in [-0.15, -0.1) is 0 Å². The quantitative estimate of drug-likeness (QED) is 0.724. The van der Waals surface area contributed by atoms with E-state index in [4.69, 9.17) is 10.5 Å². The Morgan fingerprint density at radius 3 is 2.30 bits per heavy atom. The summed E-state index contributed by atoms with van der Waals surface area (Å²) in [5, 5.41) is 10.2. The zero-order chi connectivity index (χ0) is 16.5. The number of hydrogen-bond acceptors (Lipinski definition) is 5. The lowest BCUT2D eigenvalue weighted by Crippen LogP contribution is -2.54. The van der Waals surface area contributed by atoms with Gasteiger partial charge in [0.2, 0.25) is 5.91 Å². The van der Waals surface area contributed by atoms with Crippen molar-refractivity contribution in [3.63, 3.8) is 0 Å². The van der Waals surface area contributed by atoms with Crippen molar-refractivity contribution in [3.05, 3.63) is 0 Å². The van der Waals surface area contributed by atoms with E-state index in [0.717, 1.165) is 52.0 Å². The molecule has 1 unspecified atom stereocenters. The molecule has 7 nitrogen and oxygen atoms in total. The summed E-state index contributed by atoms with van der Waals surface area (Å²) >= 11 is 0. The van der Waals surface area contributed by atoms with E-state index in [9.17, 15) is 14.7 Å². The number of hydrogen-bond donors (Lipinski definition) is 2. The number of nitrogens with two attached hydrogens (primary N) is 1. The molecule has 2 amide bonds. The number of primary amides is 1. The average Bonchev–Trinajstić information content (AvgIpc) is 3.17. The molecule has 2 saturated heterocycles. The van der Waals surface area contributed by atoms with Crippen LogP contribution in [0.2, 0.25) is 0 Å². The molecule has 0 radical (unpaired) electrons. The van der Waals surface area contributed by atoms with E-state index >= 15 is 0 Å². The zero-order valence-corrected chi connectivity index (χ0v) is 13.6. The van der Waals surface area contributed by atoms with Crippen molar-refractivity contribution >= 4 is 11.8 Å². The monoisotopic (exact) mass is 325 g/mol. The van der Waals surface area contributed by atoms with Gasteiger partial charge in [0, 0.05) is 38.0 Å². The van der Waals surface area contributed by atoms with Crippen LogP contribution in [0.15, 0.2) is 0 Å². The van der Waals surface area contributed by atoms with Gasteiger partial charge in [0.1, 0.15) is 0 Å². The van der Waals surface area contributed by atoms with Gasteiger partial charge in [-0.1, -0.05) is 12.8 Å². The Morgan fingerprint density at radius 2 is 1.74 bits per heavy atom. The molecule has 1 atom stereocenters. The number of morpholine rings is 1. The lowest BCUT2D eigenvalue weighted by Gasteiger charge is -2.43. The number of likely N-dealkylation sites (tertiary alicyclic amines) is 1. The van der Waals surface area contributed by atoms with Crippen LogP contribution in [0.5, 0.6) is 0 Å². The van der Waals surface area contributed by atoms with Crippen LogP contribution in [-0.2, 0) is 14.3 Å². The molecule has 3 fully saturated rings. The van der Waals surface area contributed by atoms with Gasteiger partial charge >= 0.3 is 0 Å². The summed E-state index contributed by atoms with van der Waals surface area (Å²) in [6.45, 7) is 3.62. The summed E-state index contributed by atoms with van der Waals surface area (Å²) in [4.78, 5) is 28.1. The van der Waals surface area contributed by atoms with Crippen molar-refractivity contribution in [2.24, 2.45) is 5.73 Å². The maximum atomic E-state index is 12.8. The molecule has 0 spiro atoms. The Kier molecular flexibility index (Phi) is 4.62.